The normalized spacial score (nSPS) is 14.8. The number of hydrogen-bond acceptors (Lipinski definition) is 4. The highest BCUT2D eigenvalue weighted by Crippen LogP contribution is 2.17. The maximum absolute atomic E-state index is 12.2. The lowest BCUT2D eigenvalue weighted by molar-refractivity contribution is 0.0220. The minimum Gasteiger partial charge on any atom is -0.444 e. The van der Waals surface area contributed by atoms with E-state index in [2.05, 4.69) is 0 Å². The predicted octanol–water partition coefficient (Wildman–Crippen LogP) is 0.377. The van der Waals surface area contributed by atoms with Crippen LogP contribution in [-0.4, -0.2) is 32.3 Å². The molecule has 7 heteroatoms. The Balaban J connectivity index is 2.36. The Labute approximate surface area is 122 Å². The van der Waals surface area contributed by atoms with Crippen LogP contribution < -0.4 is 11.2 Å². The minimum atomic E-state index is -0.578. The van der Waals surface area contributed by atoms with Gasteiger partial charge in [0.1, 0.15) is 5.60 Å². The number of rotatable bonds is 0. The summed E-state index contributed by atoms with van der Waals surface area (Å²) in [5, 5.41) is 0. The van der Waals surface area contributed by atoms with E-state index in [1.54, 1.807) is 27.8 Å². The van der Waals surface area contributed by atoms with Crippen LogP contribution in [-0.2, 0) is 31.8 Å². The lowest BCUT2D eigenvalue weighted by Gasteiger charge is -2.31. The standard InChI is InChI=1S/C14H21N3O4/c1-14(2,3)21-13(20)17-7-6-10-9(8-17)11(18)16(5)12(19)15(10)4/h6-8H2,1-5H3. The van der Waals surface area contributed by atoms with E-state index in [0.717, 1.165) is 4.57 Å². The van der Waals surface area contributed by atoms with Crippen molar-refractivity contribution in [2.75, 3.05) is 6.54 Å². The Kier molecular flexibility index (Phi) is 3.69. The summed E-state index contributed by atoms with van der Waals surface area (Å²) in [5.74, 6) is 0. The first kappa shape index (κ1) is 15.3. The second kappa shape index (κ2) is 5.05. The first-order chi connectivity index (χ1) is 9.61. The van der Waals surface area contributed by atoms with E-state index in [0.29, 0.717) is 24.2 Å². The van der Waals surface area contributed by atoms with Gasteiger partial charge >= 0.3 is 11.8 Å². The number of amides is 1. The van der Waals surface area contributed by atoms with Crippen molar-refractivity contribution in [3.05, 3.63) is 32.1 Å². The first-order valence-corrected chi connectivity index (χ1v) is 6.87. The van der Waals surface area contributed by atoms with Crippen LogP contribution in [0.1, 0.15) is 32.0 Å². The number of aromatic nitrogens is 2. The highest BCUT2D eigenvalue weighted by molar-refractivity contribution is 5.68. The van der Waals surface area contributed by atoms with Gasteiger partial charge in [0.05, 0.1) is 12.1 Å². The highest BCUT2D eigenvalue weighted by Gasteiger charge is 2.29. The minimum absolute atomic E-state index is 0.172. The van der Waals surface area contributed by atoms with Gasteiger partial charge in [0.2, 0.25) is 0 Å². The molecule has 1 aromatic rings. The van der Waals surface area contributed by atoms with E-state index < -0.39 is 11.7 Å². The fourth-order valence-corrected chi connectivity index (χ4v) is 2.43. The molecule has 21 heavy (non-hydrogen) atoms. The summed E-state index contributed by atoms with van der Waals surface area (Å²) in [6.45, 7) is 6.00. The van der Waals surface area contributed by atoms with E-state index in [1.165, 1.54) is 16.5 Å². The van der Waals surface area contributed by atoms with Crippen LogP contribution >= 0.6 is 0 Å². The van der Waals surface area contributed by atoms with Gasteiger partial charge in [-0.15, -0.1) is 0 Å². The molecule has 0 unspecified atom stereocenters. The van der Waals surface area contributed by atoms with Gasteiger partial charge in [0.15, 0.2) is 0 Å². The summed E-state index contributed by atoms with van der Waals surface area (Å²) in [6.07, 6.45) is 0.0280. The Morgan fingerprint density at radius 1 is 1.14 bits per heavy atom. The van der Waals surface area contributed by atoms with Crippen molar-refractivity contribution < 1.29 is 9.53 Å². The second-order valence-electron chi connectivity index (χ2n) is 6.28. The van der Waals surface area contributed by atoms with Gasteiger partial charge in [-0.25, -0.2) is 9.59 Å². The maximum Gasteiger partial charge on any atom is 0.410 e. The zero-order chi connectivity index (χ0) is 15.9. The number of carbonyl (C=O) groups is 1. The highest BCUT2D eigenvalue weighted by atomic mass is 16.6. The summed E-state index contributed by atoms with van der Waals surface area (Å²) in [5.41, 5.74) is -0.0864. The van der Waals surface area contributed by atoms with Gasteiger partial charge in [-0.3, -0.25) is 9.36 Å². The SMILES string of the molecule is Cn1c2c(c(=O)n(C)c1=O)CN(C(=O)OC(C)(C)C)CC2. The molecule has 0 aromatic carbocycles. The Bertz CT molecular complexity index is 694. The van der Waals surface area contributed by atoms with Gasteiger partial charge in [0, 0.05) is 32.8 Å². The van der Waals surface area contributed by atoms with E-state index in [4.69, 9.17) is 4.74 Å². The maximum atomic E-state index is 12.2. The third-order valence-corrected chi connectivity index (χ3v) is 3.51. The monoisotopic (exact) mass is 295 g/mol. The average molecular weight is 295 g/mol. The van der Waals surface area contributed by atoms with E-state index >= 15 is 0 Å². The molecular weight excluding hydrogens is 274 g/mol. The third kappa shape index (κ3) is 2.86. The molecule has 0 radical (unpaired) electrons. The molecule has 116 valence electrons. The number of ether oxygens (including phenoxy) is 1. The predicted molar refractivity (Wildman–Crippen MR) is 77.3 cm³/mol. The van der Waals surface area contributed by atoms with Crippen LogP contribution in [0, 0.1) is 0 Å². The van der Waals surface area contributed by atoms with E-state index in [1.807, 2.05) is 0 Å². The van der Waals surface area contributed by atoms with Crippen molar-refractivity contribution in [3.63, 3.8) is 0 Å². The zero-order valence-corrected chi connectivity index (χ0v) is 13.1. The number of fused-ring (bicyclic) bond motifs is 1. The van der Waals surface area contributed by atoms with Crippen molar-refractivity contribution in [2.45, 2.75) is 39.3 Å². The van der Waals surface area contributed by atoms with Crippen LogP contribution in [0.4, 0.5) is 4.79 Å². The smallest absolute Gasteiger partial charge is 0.410 e. The largest absolute Gasteiger partial charge is 0.444 e. The fourth-order valence-electron chi connectivity index (χ4n) is 2.43. The molecule has 0 N–H and O–H groups in total. The van der Waals surface area contributed by atoms with Gasteiger partial charge < -0.3 is 14.2 Å². The second-order valence-corrected chi connectivity index (χ2v) is 6.28. The molecule has 7 nitrogen and oxygen atoms in total. The van der Waals surface area contributed by atoms with Gasteiger partial charge in [-0.05, 0) is 20.8 Å². The molecule has 2 rings (SSSR count). The van der Waals surface area contributed by atoms with Crippen molar-refractivity contribution in [3.8, 4) is 0 Å². The fraction of sp³-hybridized carbons (Fsp3) is 0.643. The topological polar surface area (TPSA) is 73.5 Å². The van der Waals surface area contributed by atoms with Crippen LogP contribution in [0.25, 0.3) is 0 Å². The van der Waals surface area contributed by atoms with Crippen LogP contribution in [0.3, 0.4) is 0 Å². The Morgan fingerprint density at radius 3 is 2.33 bits per heavy atom. The molecule has 0 saturated carbocycles. The van der Waals surface area contributed by atoms with E-state index in [-0.39, 0.29) is 17.8 Å². The van der Waals surface area contributed by atoms with Crippen molar-refractivity contribution in [1.29, 1.82) is 0 Å². The van der Waals surface area contributed by atoms with Crippen LogP contribution in [0.15, 0.2) is 9.59 Å². The number of carbonyl (C=O) groups excluding carboxylic acids is 1. The van der Waals surface area contributed by atoms with Crippen LogP contribution in [0.5, 0.6) is 0 Å². The summed E-state index contributed by atoms with van der Waals surface area (Å²) in [4.78, 5) is 37.7. The van der Waals surface area contributed by atoms with Gasteiger partial charge in [-0.2, -0.15) is 0 Å². The lowest BCUT2D eigenvalue weighted by Crippen LogP contribution is -2.48. The summed E-state index contributed by atoms with van der Waals surface area (Å²) < 4.78 is 7.87. The third-order valence-electron chi connectivity index (χ3n) is 3.51. The molecule has 1 aromatic heterocycles. The van der Waals surface area contributed by atoms with Gasteiger partial charge in [-0.1, -0.05) is 0 Å². The molecule has 0 fully saturated rings. The molecule has 1 aliphatic rings. The van der Waals surface area contributed by atoms with E-state index in [9.17, 15) is 14.4 Å². The first-order valence-electron chi connectivity index (χ1n) is 6.87. The van der Waals surface area contributed by atoms with Crippen molar-refractivity contribution in [2.24, 2.45) is 14.1 Å². The molecule has 0 bridgehead atoms. The summed E-state index contributed by atoms with van der Waals surface area (Å²) in [6, 6.07) is 0. The lowest BCUT2D eigenvalue weighted by atomic mass is 10.1. The molecule has 2 heterocycles. The van der Waals surface area contributed by atoms with Gasteiger partial charge in [0.25, 0.3) is 5.56 Å². The molecule has 1 amide bonds. The Morgan fingerprint density at radius 2 is 1.76 bits per heavy atom. The quantitative estimate of drug-likeness (QED) is 0.693. The molecular formula is C14H21N3O4. The molecule has 0 aliphatic carbocycles. The molecule has 0 atom stereocenters. The van der Waals surface area contributed by atoms with Crippen LogP contribution in [0.2, 0.25) is 0 Å². The summed E-state index contributed by atoms with van der Waals surface area (Å²) in [7, 11) is 3.08. The molecule has 0 spiro atoms. The number of nitrogens with zero attached hydrogens (tertiary/aromatic N) is 3. The zero-order valence-electron chi connectivity index (χ0n) is 13.1. The summed E-state index contributed by atoms with van der Waals surface area (Å²) >= 11 is 0. The molecule has 0 saturated heterocycles. The average Bonchev–Trinajstić information content (AvgIpc) is 2.40. The van der Waals surface area contributed by atoms with Crippen molar-refractivity contribution in [1.82, 2.24) is 14.0 Å². The number of hydrogen-bond donors (Lipinski definition) is 0. The molecule has 1 aliphatic heterocycles. The Hall–Kier alpha value is -2.05. The van der Waals surface area contributed by atoms with Crippen molar-refractivity contribution >= 4 is 6.09 Å².